The molecule has 4 nitrogen and oxygen atoms in total. The van der Waals surface area contributed by atoms with Gasteiger partial charge in [-0.25, -0.2) is 0 Å². The number of hydrogen-bond donors (Lipinski definition) is 3. The van der Waals surface area contributed by atoms with Gasteiger partial charge in [-0.1, -0.05) is 0 Å². The number of amides is 1. The largest absolute Gasteiger partial charge is 0.401 e. The molecule has 0 aromatic rings. The van der Waals surface area contributed by atoms with E-state index in [1.807, 2.05) is 5.32 Å². The first-order valence-corrected chi connectivity index (χ1v) is 3.91. The first-order chi connectivity index (χ1) is 6.12. The first kappa shape index (κ1) is 13.2. The van der Waals surface area contributed by atoms with E-state index in [-0.39, 0.29) is 6.54 Å². The molecule has 0 saturated heterocycles. The molecule has 7 heteroatoms. The van der Waals surface area contributed by atoms with Crippen molar-refractivity contribution in [1.82, 2.24) is 10.6 Å². The molecule has 0 rings (SSSR count). The summed E-state index contributed by atoms with van der Waals surface area (Å²) in [5, 5.41) is 13.4. The molecule has 0 heterocycles. The summed E-state index contributed by atoms with van der Waals surface area (Å²) in [4.78, 5) is 10.5. The van der Waals surface area contributed by atoms with E-state index in [1.165, 1.54) is 6.92 Å². The molecule has 0 aliphatic rings. The van der Waals surface area contributed by atoms with E-state index >= 15 is 0 Å². The van der Waals surface area contributed by atoms with Crippen LogP contribution >= 0.6 is 0 Å². The summed E-state index contributed by atoms with van der Waals surface area (Å²) in [5.74, 6) is -0.510. The Morgan fingerprint density at radius 2 is 1.86 bits per heavy atom. The number of carbonyl (C=O) groups is 1. The summed E-state index contributed by atoms with van der Waals surface area (Å²) < 4.78 is 35.0. The van der Waals surface area contributed by atoms with Crippen LogP contribution in [0.5, 0.6) is 0 Å². The Morgan fingerprint density at radius 3 is 2.21 bits per heavy atom. The Balaban J connectivity index is 3.82. The van der Waals surface area contributed by atoms with Crippen molar-refractivity contribution in [3.05, 3.63) is 0 Å². The lowest BCUT2D eigenvalue weighted by Crippen LogP contribution is -2.53. The lowest BCUT2D eigenvalue weighted by molar-refractivity contribution is -0.130. The summed E-state index contributed by atoms with van der Waals surface area (Å²) in [7, 11) is 0. The second kappa shape index (κ2) is 4.61. The summed E-state index contributed by atoms with van der Waals surface area (Å²) in [5.41, 5.74) is -1.67. The van der Waals surface area contributed by atoms with Crippen molar-refractivity contribution in [2.45, 2.75) is 25.7 Å². The van der Waals surface area contributed by atoms with Crippen LogP contribution in [-0.2, 0) is 4.79 Å². The van der Waals surface area contributed by atoms with E-state index in [4.69, 9.17) is 0 Å². The van der Waals surface area contributed by atoms with Crippen LogP contribution in [0.25, 0.3) is 0 Å². The molecule has 0 bridgehead atoms. The van der Waals surface area contributed by atoms with Crippen LogP contribution in [0.2, 0.25) is 0 Å². The zero-order valence-electron chi connectivity index (χ0n) is 7.90. The van der Waals surface area contributed by atoms with Gasteiger partial charge in [0.1, 0.15) is 5.72 Å². The van der Waals surface area contributed by atoms with Crippen molar-refractivity contribution in [3.63, 3.8) is 0 Å². The third-order valence-corrected chi connectivity index (χ3v) is 1.24. The number of aliphatic hydroxyl groups is 1. The van der Waals surface area contributed by atoms with Crippen LogP contribution in [0, 0.1) is 0 Å². The van der Waals surface area contributed by atoms with E-state index in [0.717, 1.165) is 6.92 Å². The minimum atomic E-state index is -4.33. The van der Waals surface area contributed by atoms with Gasteiger partial charge in [-0.15, -0.1) is 0 Å². The first-order valence-electron chi connectivity index (χ1n) is 3.91. The second-order valence-electron chi connectivity index (χ2n) is 3.17. The number of carbonyl (C=O) groups excluding carboxylic acids is 1. The molecular weight excluding hydrogens is 201 g/mol. The van der Waals surface area contributed by atoms with Gasteiger partial charge in [-0.3, -0.25) is 4.79 Å². The molecule has 1 amide bonds. The minimum absolute atomic E-state index is 0.369. The highest BCUT2D eigenvalue weighted by Crippen LogP contribution is 2.12. The fraction of sp³-hybridized carbons (Fsp3) is 0.857. The van der Waals surface area contributed by atoms with Crippen LogP contribution in [0.3, 0.4) is 0 Å². The molecule has 0 radical (unpaired) electrons. The molecule has 0 aromatic heterocycles. The van der Waals surface area contributed by atoms with Crippen molar-refractivity contribution in [1.29, 1.82) is 0 Å². The van der Waals surface area contributed by atoms with Crippen molar-refractivity contribution in [2.24, 2.45) is 0 Å². The summed E-state index contributed by atoms with van der Waals surface area (Å²) in [6.07, 6.45) is -4.33. The molecule has 0 aliphatic carbocycles. The molecular formula is C7H13F3N2O2. The topological polar surface area (TPSA) is 61.4 Å². The summed E-state index contributed by atoms with van der Waals surface area (Å²) >= 11 is 0. The number of halogens is 3. The highest BCUT2D eigenvalue weighted by Gasteiger charge is 2.28. The van der Waals surface area contributed by atoms with E-state index in [1.54, 1.807) is 0 Å². The smallest absolute Gasteiger partial charge is 0.370 e. The van der Waals surface area contributed by atoms with Crippen LogP contribution in [0.4, 0.5) is 13.2 Å². The standard InChI is InChI=1S/C7H13F3N2O2/c1-5(13)12-6(2,14)3-11-4-7(8,9)10/h11,14H,3-4H2,1-2H3,(H,12,13). The SMILES string of the molecule is CC(=O)NC(C)(O)CNCC(F)(F)F. The lowest BCUT2D eigenvalue weighted by Gasteiger charge is -2.24. The highest BCUT2D eigenvalue weighted by molar-refractivity contribution is 5.73. The van der Waals surface area contributed by atoms with Crippen molar-refractivity contribution in [3.8, 4) is 0 Å². The molecule has 0 saturated carbocycles. The van der Waals surface area contributed by atoms with Gasteiger partial charge < -0.3 is 15.7 Å². The predicted molar refractivity (Wildman–Crippen MR) is 43.4 cm³/mol. The molecule has 84 valence electrons. The minimum Gasteiger partial charge on any atom is -0.370 e. The summed E-state index contributed by atoms with van der Waals surface area (Å²) in [6, 6.07) is 0. The molecule has 1 unspecified atom stereocenters. The average molecular weight is 214 g/mol. The zero-order valence-corrected chi connectivity index (χ0v) is 7.90. The molecule has 3 N–H and O–H groups in total. The fourth-order valence-electron chi connectivity index (χ4n) is 0.871. The van der Waals surface area contributed by atoms with Crippen LogP contribution < -0.4 is 10.6 Å². The van der Waals surface area contributed by atoms with Crippen molar-refractivity contribution in [2.75, 3.05) is 13.1 Å². The van der Waals surface area contributed by atoms with Gasteiger partial charge in [0.05, 0.1) is 6.54 Å². The third-order valence-electron chi connectivity index (χ3n) is 1.24. The van der Waals surface area contributed by atoms with Crippen molar-refractivity contribution < 1.29 is 23.1 Å². The maximum absolute atomic E-state index is 11.7. The maximum atomic E-state index is 11.7. The van der Waals surface area contributed by atoms with Gasteiger partial charge in [0, 0.05) is 13.5 Å². The number of hydrogen-bond acceptors (Lipinski definition) is 3. The number of rotatable bonds is 4. The maximum Gasteiger partial charge on any atom is 0.401 e. The molecule has 0 fully saturated rings. The van der Waals surface area contributed by atoms with Gasteiger partial charge in [-0.2, -0.15) is 13.2 Å². The molecule has 14 heavy (non-hydrogen) atoms. The Labute approximate surface area is 79.5 Å². The Bertz CT molecular complexity index is 204. The highest BCUT2D eigenvalue weighted by atomic mass is 19.4. The van der Waals surface area contributed by atoms with E-state index in [2.05, 4.69) is 5.32 Å². The van der Waals surface area contributed by atoms with Crippen LogP contribution in [0.1, 0.15) is 13.8 Å². The molecule has 0 aromatic carbocycles. The number of nitrogens with one attached hydrogen (secondary N) is 2. The monoisotopic (exact) mass is 214 g/mol. The zero-order chi connectivity index (χ0) is 11.4. The normalized spacial score (nSPS) is 16.1. The van der Waals surface area contributed by atoms with Gasteiger partial charge in [0.25, 0.3) is 0 Å². The van der Waals surface area contributed by atoms with Crippen molar-refractivity contribution >= 4 is 5.91 Å². The molecule has 0 aliphatic heterocycles. The molecule has 1 atom stereocenters. The van der Waals surface area contributed by atoms with Gasteiger partial charge in [0.2, 0.25) is 5.91 Å². The van der Waals surface area contributed by atoms with E-state index < -0.39 is 24.4 Å². The van der Waals surface area contributed by atoms with Crippen LogP contribution in [-0.4, -0.2) is 36.0 Å². The molecule has 0 spiro atoms. The van der Waals surface area contributed by atoms with E-state index in [0.29, 0.717) is 0 Å². The summed E-state index contributed by atoms with van der Waals surface area (Å²) in [6.45, 7) is 0.796. The Hall–Kier alpha value is -0.820. The average Bonchev–Trinajstić information content (AvgIpc) is 1.78. The van der Waals surface area contributed by atoms with Gasteiger partial charge in [0.15, 0.2) is 0 Å². The fourth-order valence-corrected chi connectivity index (χ4v) is 0.871. The van der Waals surface area contributed by atoms with E-state index in [9.17, 15) is 23.1 Å². The Kier molecular flexibility index (Phi) is 4.34. The lowest BCUT2D eigenvalue weighted by atomic mass is 10.2. The quantitative estimate of drug-likeness (QED) is 0.576. The third kappa shape index (κ3) is 7.81. The van der Waals surface area contributed by atoms with Gasteiger partial charge >= 0.3 is 6.18 Å². The Morgan fingerprint density at radius 1 is 1.36 bits per heavy atom. The van der Waals surface area contributed by atoms with Gasteiger partial charge in [-0.05, 0) is 6.92 Å². The number of alkyl halides is 3. The second-order valence-corrected chi connectivity index (χ2v) is 3.17. The van der Waals surface area contributed by atoms with Crippen LogP contribution in [0.15, 0.2) is 0 Å². The predicted octanol–water partition coefficient (Wildman–Crippen LogP) is -0.0171.